The Morgan fingerprint density at radius 1 is 2.00 bits per heavy atom. The first-order valence-corrected chi connectivity index (χ1v) is 1.10. The molecule has 0 fully saturated rings. The fourth-order valence-electron chi connectivity index (χ4n) is 0. The van der Waals surface area contributed by atoms with E-state index in [9.17, 15) is 0 Å². The van der Waals surface area contributed by atoms with Crippen LogP contribution in [0.4, 0.5) is 0 Å². The zero-order valence-electron chi connectivity index (χ0n) is 1.81. The van der Waals surface area contributed by atoms with E-state index in [2.05, 4.69) is 16.5 Å². The zero-order chi connectivity index (χ0) is 3.41. The summed E-state index contributed by atoms with van der Waals surface area (Å²) in [4.78, 5) is 8.74. The highest BCUT2D eigenvalue weighted by Gasteiger charge is 1.66. The Kier molecular flexibility index (Phi) is 2.92. The molecule has 1 radical (unpaired) electrons. The van der Waals surface area contributed by atoms with Gasteiger partial charge in [-0.1, -0.05) is 0 Å². The molecular weight excluding hydrogens is 76.3 g/mol. The van der Waals surface area contributed by atoms with E-state index in [-0.39, 0.29) is 0 Å². The van der Waals surface area contributed by atoms with E-state index in [0.29, 0.717) is 6.83 Å². The number of hydrogen-bond acceptors (Lipinski definition) is 2. The van der Waals surface area contributed by atoms with Crippen LogP contribution in [0.2, 0.25) is 0 Å². The second-order valence-electron chi connectivity index (χ2n) is 0.203. The molecule has 0 bridgehead atoms. The van der Waals surface area contributed by atoms with Gasteiger partial charge in [-0.15, -0.1) is 5.09 Å². The summed E-state index contributed by atoms with van der Waals surface area (Å²) in [6, 6.07) is 0. The molecule has 0 saturated heterocycles. The van der Waals surface area contributed by atoms with Crippen molar-refractivity contribution in [1.29, 1.82) is 0 Å². The van der Waals surface area contributed by atoms with Gasteiger partial charge < -0.3 is 0 Å². The maximum absolute atomic E-state index is 8.74. The summed E-state index contributed by atoms with van der Waals surface area (Å²) in [5.74, 6) is 0. The van der Waals surface area contributed by atoms with Crippen LogP contribution in [-0.2, 0) is 0 Å². The van der Waals surface area contributed by atoms with E-state index < -0.39 is 0 Å². The van der Waals surface area contributed by atoms with Crippen LogP contribution in [-0.4, -0.2) is 6.83 Å². The van der Waals surface area contributed by atoms with Gasteiger partial charge in [-0.2, -0.15) is 16.4 Å². The molecule has 0 aliphatic carbocycles. The Hall–Kier alpha value is -0.0451. The third kappa shape index (κ3) is 1.95. The van der Waals surface area contributed by atoms with Gasteiger partial charge >= 0.3 is 6.83 Å². The van der Waals surface area contributed by atoms with Crippen LogP contribution in [0.1, 0.15) is 0 Å². The highest BCUT2D eigenvalue weighted by molar-refractivity contribution is 6.92. The molecule has 0 amide bonds. The number of hydrogen-bond donors (Lipinski definition) is 0. The van der Waals surface area contributed by atoms with Crippen molar-refractivity contribution >= 4 is 18.3 Å². The minimum atomic E-state index is 0.667. The predicted octanol–water partition coefficient (Wildman–Crippen LogP) is 0.526. The fraction of sp³-hybridized carbons (Fsp3) is 0. The van der Waals surface area contributed by atoms with Crippen molar-refractivity contribution in [2.45, 2.75) is 0 Å². The minimum absolute atomic E-state index is 0.667. The fourth-order valence-corrected chi connectivity index (χ4v) is 0. The van der Waals surface area contributed by atoms with Crippen molar-refractivity contribution < 1.29 is 0 Å². The highest BCUT2D eigenvalue weighted by atomic mass is 35.5. The Bertz CT molecular complexity index is 22.0. The molecule has 0 aliphatic rings. The highest BCUT2D eigenvalue weighted by Crippen LogP contribution is 1.61. The molecule has 0 unspecified atom stereocenters. The summed E-state index contributed by atoms with van der Waals surface area (Å²) in [5, 5.41) is 2.13. The van der Waals surface area contributed by atoms with Crippen LogP contribution < -0.4 is 0 Å². The summed E-state index contributed by atoms with van der Waals surface area (Å²) in [5.41, 5.74) is 0. The molecule has 0 atom stereocenters. The standard InChI is InChI=1S/BClNO/c2-1-3-4. The van der Waals surface area contributed by atoms with Gasteiger partial charge in [0, 0.05) is 0 Å². The lowest BCUT2D eigenvalue weighted by atomic mass is 10.5. The molecule has 0 aromatic carbocycles. The topological polar surface area (TPSA) is 29.4 Å². The van der Waals surface area contributed by atoms with Crippen molar-refractivity contribution in [3.05, 3.63) is 4.91 Å². The Labute approximate surface area is 29.3 Å². The zero-order valence-corrected chi connectivity index (χ0v) is 2.57. The van der Waals surface area contributed by atoms with E-state index in [1.807, 2.05) is 0 Å². The molecule has 4 heavy (non-hydrogen) atoms. The minimum Gasteiger partial charge on any atom is -0.167 e. The van der Waals surface area contributed by atoms with Crippen LogP contribution in [0, 0.1) is 4.91 Å². The van der Waals surface area contributed by atoms with Gasteiger partial charge in [-0.3, -0.25) is 0 Å². The normalized spacial score (nSPS) is 5.25. The first-order valence-electron chi connectivity index (χ1n) is 0.659. The van der Waals surface area contributed by atoms with E-state index in [0.717, 1.165) is 0 Å². The number of nitroso groups, excluding NO2 is 1. The van der Waals surface area contributed by atoms with Crippen LogP contribution in [0.25, 0.3) is 0 Å². The SMILES string of the molecule is O=N[B]Cl. The van der Waals surface area contributed by atoms with Gasteiger partial charge in [-0.25, -0.2) is 0 Å². The van der Waals surface area contributed by atoms with Gasteiger partial charge in [0.15, 0.2) is 0 Å². The molecule has 21 valence electrons. The summed E-state index contributed by atoms with van der Waals surface area (Å²) < 4.78 is 0. The molecule has 0 N–H and O–H groups in total. The van der Waals surface area contributed by atoms with Crippen LogP contribution in [0.5, 0.6) is 0 Å². The van der Waals surface area contributed by atoms with Gasteiger partial charge in [0.25, 0.3) is 0 Å². The van der Waals surface area contributed by atoms with E-state index in [4.69, 9.17) is 4.91 Å². The average molecular weight is 76.3 g/mol. The van der Waals surface area contributed by atoms with Gasteiger partial charge in [0.05, 0.1) is 0 Å². The van der Waals surface area contributed by atoms with Crippen molar-refractivity contribution in [3.8, 4) is 0 Å². The van der Waals surface area contributed by atoms with Gasteiger partial charge in [-0.05, 0) is 0 Å². The lowest BCUT2D eigenvalue weighted by molar-refractivity contribution is 1.83. The molecule has 0 aromatic rings. The summed E-state index contributed by atoms with van der Waals surface area (Å²) >= 11 is 4.58. The third-order valence-corrected chi connectivity index (χ3v) is 0.120. The van der Waals surface area contributed by atoms with Crippen LogP contribution >= 0.6 is 11.5 Å². The first kappa shape index (κ1) is 3.95. The van der Waals surface area contributed by atoms with E-state index in [1.165, 1.54) is 0 Å². The molecule has 0 spiro atoms. The monoisotopic (exact) mass is 76.0 g/mol. The lowest BCUT2D eigenvalue weighted by Gasteiger charge is -1.43. The second kappa shape index (κ2) is 2.95. The van der Waals surface area contributed by atoms with Crippen molar-refractivity contribution in [2.75, 3.05) is 0 Å². The molecule has 0 heterocycles. The maximum Gasteiger partial charge on any atom is 0.452 e. The van der Waals surface area contributed by atoms with Crippen LogP contribution in [0.3, 0.4) is 0 Å². The van der Waals surface area contributed by atoms with Gasteiger partial charge in [0.1, 0.15) is 0 Å². The molecule has 2 nitrogen and oxygen atoms in total. The molecule has 0 aromatic heterocycles. The molecular formula is BClNO. The van der Waals surface area contributed by atoms with Crippen molar-refractivity contribution in [3.63, 3.8) is 0 Å². The quantitative estimate of drug-likeness (QED) is 0.331. The van der Waals surface area contributed by atoms with Gasteiger partial charge in [0.2, 0.25) is 0 Å². The van der Waals surface area contributed by atoms with Crippen LogP contribution in [0.15, 0.2) is 5.09 Å². The third-order valence-electron chi connectivity index (χ3n) is 0.0398. The average Bonchev–Trinajstić information content (AvgIpc) is 1.37. The van der Waals surface area contributed by atoms with Crippen molar-refractivity contribution in [1.82, 2.24) is 0 Å². The first-order chi connectivity index (χ1) is 1.91. The summed E-state index contributed by atoms with van der Waals surface area (Å²) in [6.45, 7) is 0.667. The molecule has 0 saturated carbocycles. The number of nitrogens with zero attached hydrogens (tertiary/aromatic N) is 1. The molecule has 4 heteroatoms. The summed E-state index contributed by atoms with van der Waals surface area (Å²) in [6.07, 6.45) is 0. The Balaban J connectivity index is 2.30. The lowest BCUT2D eigenvalue weighted by Crippen LogP contribution is -1.54. The van der Waals surface area contributed by atoms with Crippen molar-refractivity contribution in [2.24, 2.45) is 5.09 Å². The largest absolute Gasteiger partial charge is 0.452 e. The predicted molar refractivity (Wildman–Crippen MR) is 17.4 cm³/mol. The maximum atomic E-state index is 8.74. The molecule has 0 rings (SSSR count). The van der Waals surface area contributed by atoms with E-state index in [1.54, 1.807) is 0 Å². The second-order valence-corrected chi connectivity index (χ2v) is 0.398. The Morgan fingerprint density at radius 2 is 2.25 bits per heavy atom. The smallest absolute Gasteiger partial charge is 0.167 e. The molecule has 0 aliphatic heterocycles. The number of rotatable bonds is 1. The summed E-state index contributed by atoms with van der Waals surface area (Å²) in [7, 11) is 0. The van der Waals surface area contributed by atoms with E-state index >= 15 is 0 Å². The Morgan fingerprint density at radius 3 is 2.25 bits per heavy atom. The number of halogens is 1.